The minimum absolute atomic E-state index is 0.321. The fourth-order valence-electron chi connectivity index (χ4n) is 5.87. The Morgan fingerprint density at radius 3 is 2.56 bits per heavy atom. The molecule has 2 saturated heterocycles. The molecule has 1 spiro atoms. The summed E-state index contributed by atoms with van der Waals surface area (Å²) in [5, 5.41) is 9.98. The molecule has 3 aromatic rings. The number of aromatic nitrogens is 2. The highest BCUT2D eigenvalue weighted by Gasteiger charge is 2.42. The molecule has 0 bridgehead atoms. The molecular weight excluding hydrogens is 456 g/mol. The molecule has 0 atom stereocenters. The van der Waals surface area contributed by atoms with Gasteiger partial charge in [-0.1, -0.05) is 12.1 Å². The van der Waals surface area contributed by atoms with Gasteiger partial charge in [-0.2, -0.15) is 0 Å². The lowest BCUT2D eigenvalue weighted by Gasteiger charge is -2.41. The molecule has 0 radical (unpaired) electrons. The van der Waals surface area contributed by atoms with E-state index >= 15 is 0 Å². The molecule has 1 aromatic carbocycles. The van der Waals surface area contributed by atoms with Gasteiger partial charge in [-0.25, -0.2) is 16.4 Å². The molecule has 36 heavy (non-hydrogen) atoms. The molecule has 0 saturated carbocycles. The molecule has 2 fully saturated rings. The van der Waals surface area contributed by atoms with E-state index in [9.17, 15) is 4.79 Å². The van der Waals surface area contributed by atoms with Crippen LogP contribution in [0.5, 0.6) is 0 Å². The standard InChI is InChI=1S/C27H36N6O3/c1-26(2,36-28)18-31-14-9-27(19-31)10-15-32(16-11-27)23-7-12-29-24-22(23)8-13-33(24)17-20-3-5-21(6-4-20)25(34)30-35/h3-8,12-13,35H,9-11,14-19,28H2,1-2H3,(H,30,34). The summed E-state index contributed by atoms with van der Waals surface area (Å²) in [7, 11) is 0. The van der Waals surface area contributed by atoms with Crippen molar-refractivity contribution in [2.24, 2.45) is 11.3 Å². The van der Waals surface area contributed by atoms with Crippen LogP contribution in [0.4, 0.5) is 5.69 Å². The van der Waals surface area contributed by atoms with Crippen molar-refractivity contribution >= 4 is 22.6 Å². The van der Waals surface area contributed by atoms with Gasteiger partial charge >= 0.3 is 0 Å². The van der Waals surface area contributed by atoms with Crippen molar-refractivity contribution < 1.29 is 14.8 Å². The number of hydrogen-bond donors (Lipinski definition) is 3. The number of pyridine rings is 1. The largest absolute Gasteiger partial charge is 0.371 e. The van der Waals surface area contributed by atoms with E-state index in [0.717, 1.165) is 43.9 Å². The van der Waals surface area contributed by atoms with E-state index in [2.05, 4.69) is 37.7 Å². The quantitative estimate of drug-likeness (QED) is 0.343. The van der Waals surface area contributed by atoms with E-state index in [1.54, 1.807) is 17.6 Å². The van der Waals surface area contributed by atoms with Crippen LogP contribution in [-0.2, 0) is 11.4 Å². The van der Waals surface area contributed by atoms with Crippen molar-refractivity contribution in [2.75, 3.05) is 37.6 Å². The summed E-state index contributed by atoms with van der Waals surface area (Å²) in [4.78, 5) is 26.5. The molecule has 0 aliphatic carbocycles. The Hall–Kier alpha value is -2.98. The van der Waals surface area contributed by atoms with Crippen molar-refractivity contribution in [1.82, 2.24) is 19.9 Å². The topological polar surface area (TPSA) is 109 Å². The highest BCUT2D eigenvalue weighted by atomic mass is 16.6. The lowest BCUT2D eigenvalue weighted by atomic mass is 9.77. The first kappa shape index (κ1) is 24.7. The average molecular weight is 493 g/mol. The first-order valence-corrected chi connectivity index (χ1v) is 12.6. The number of hydrogen-bond acceptors (Lipinski definition) is 7. The third-order valence-electron chi connectivity index (χ3n) is 7.92. The number of fused-ring (bicyclic) bond motifs is 1. The Kier molecular flexibility index (Phi) is 6.74. The van der Waals surface area contributed by atoms with Crippen LogP contribution in [0, 0.1) is 5.41 Å². The number of piperidine rings is 1. The van der Waals surface area contributed by atoms with Crippen LogP contribution >= 0.6 is 0 Å². The van der Waals surface area contributed by atoms with Gasteiger partial charge < -0.3 is 9.47 Å². The first-order chi connectivity index (χ1) is 17.3. The zero-order valence-electron chi connectivity index (χ0n) is 21.1. The van der Waals surface area contributed by atoms with Crippen LogP contribution in [0.3, 0.4) is 0 Å². The van der Waals surface area contributed by atoms with Crippen molar-refractivity contribution in [3.8, 4) is 0 Å². The van der Waals surface area contributed by atoms with Gasteiger partial charge in [0.15, 0.2) is 0 Å². The van der Waals surface area contributed by atoms with Crippen LogP contribution < -0.4 is 16.3 Å². The van der Waals surface area contributed by atoms with Crippen molar-refractivity contribution in [3.05, 3.63) is 59.9 Å². The molecule has 4 heterocycles. The maximum atomic E-state index is 11.6. The maximum absolute atomic E-state index is 11.6. The van der Waals surface area contributed by atoms with Gasteiger partial charge in [0, 0.05) is 61.8 Å². The number of nitrogens with zero attached hydrogens (tertiary/aromatic N) is 4. The number of nitrogens with one attached hydrogen (secondary N) is 1. The third-order valence-corrected chi connectivity index (χ3v) is 7.92. The monoisotopic (exact) mass is 492 g/mol. The summed E-state index contributed by atoms with van der Waals surface area (Å²) in [6.45, 7) is 9.94. The zero-order valence-corrected chi connectivity index (χ0v) is 21.1. The lowest BCUT2D eigenvalue weighted by Crippen LogP contribution is -2.44. The molecule has 1 amide bonds. The number of likely N-dealkylation sites (tertiary alicyclic amines) is 1. The number of nitrogens with two attached hydrogens (primary N) is 1. The highest BCUT2D eigenvalue weighted by molar-refractivity contribution is 5.93. The van der Waals surface area contributed by atoms with Gasteiger partial charge in [-0.05, 0) is 74.9 Å². The first-order valence-electron chi connectivity index (χ1n) is 12.6. The number of anilines is 1. The van der Waals surface area contributed by atoms with Crippen LogP contribution in [0.1, 0.15) is 49.0 Å². The number of rotatable bonds is 7. The van der Waals surface area contributed by atoms with Crippen LogP contribution in [-0.4, -0.2) is 63.9 Å². The molecule has 9 nitrogen and oxygen atoms in total. The fraction of sp³-hybridized carbons (Fsp3) is 0.481. The summed E-state index contributed by atoms with van der Waals surface area (Å²) in [6.07, 6.45) is 7.59. The predicted molar refractivity (Wildman–Crippen MR) is 139 cm³/mol. The van der Waals surface area contributed by atoms with Gasteiger partial charge in [0.1, 0.15) is 5.65 Å². The Balaban J connectivity index is 1.26. The smallest absolute Gasteiger partial charge is 0.274 e. The Labute approximate surface area is 211 Å². The number of benzene rings is 1. The molecule has 4 N–H and O–H groups in total. The van der Waals surface area contributed by atoms with Crippen LogP contribution in [0.25, 0.3) is 11.0 Å². The highest BCUT2D eigenvalue weighted by Crippen LogP contribution is 2.42. The molecule has 9 heteroatoms. The number of hydroxylamine groups is 1. The Morgan fingerprint density at radius 1 is 1.14 bits per heavy atom. The Morgan fingerprint density at radius 2 is 1.86 bits per heavy atom. The maximum Gasteiger partial charge on any atom is 0.274 e. The van der Waals surface area contributed by atoms with E-state index in [-0.39, 0.29) is 5.60 Å². The van der Waals surface area contributed by atoms with Gasteiger partial charge in [0.25, 0.3) is 5.91 Å². The normalized spacial score (nSPS) is 18.3. The van der Waals surface area contributed by atoms with Gasteiger partial charge in [0.2, 0.25) is 0 Å². The van der Waals surface area contributed by atoms with Crippen LogP contribution in [0.15, 0.2) is 48.8 Å². The third kappa shape index (κ3) is 4.97. The van der Waals surface area contributed by atoms with E-state index < -0.39 is 5.91 Å². The summed E-state index contributed by atoms with van der Waals surface area (Å²) in [6, 6.07) is 11.5. The minimum Gasteiger partial charge on any atom is -0.371 e. The molecule has 0 unspecified atom stereocenters. The fourth-order valence-corrected chi connectivity index (χ4v) is 5.87. The lowest BCUT2D eigenvalue weighted by molar-refractivity contribution is -0.0405. The van der Waals surface area contributed by atoms with Crippen molar-refractivity contribution in [1.29, 1.82) is 0 Å². The summed E-state index contributed by atoms with van der Waals surface area (Å²) >= 11 is 0. The molecular formula is C27H36N6O3. The van der Waals surface area contributed by atoms with Gasteiger partial charge in [-0.15, -0.1) is 0 Å². The summed E-state index contributed by atoms with van der Waals surface area (Å²) in [5.41, 5.74) is 5.42. The second-order valence-electron chi connectivity index (χ2n) is 11.0. The van der Waals surface area contributed by atoms with Crippen molar-refractivity contribution in [2.45, 2.75) is 45.3 Å². The van der Waals surface area contributed by atoms with Gasteiger partial charge in [0.05, 0.1) is 5.60 Å². The van der Waals surface area contributed by atoms with Gasteiger partial charge in [-0.3, -0.25) is 19.7 Å². The second kappa shape index (κ2) is 9.82. The van der Waals surface area contributed by atoms with E-state index in [4.69, 9.17) is 15.9 Å². The van der Waals surface area contributed by atoms with E-state index in [0.29, 0.717) is 17.5 Å². The second-order valence-corrected chi connectivity index (χ2v) is 11.0. The molecule has 5 rings (SSSR count). The Bertz CT molecular complexity index is 1210. The van der Waals surface area contributed by atoms with Crippen molar-refractivity contribution in [3.63, 3.8) is 0 Å². The molecule has 2 aromatic heterocycles. The molecule has 2 aliphatic heterocycles. The SMILES string of the molecule is CC(C)(CN1CCC2(CCN(c3ccnc4c3ccn4Cc3ccc(C(=O)NO)cc3)CC2)C1)ON. The van der Waals surface area contributed by atoms with Crippen LogP contribution in [0.2, 0.25) is 0 Å². The molecule has 2 aliphatic rings. The van der Waals surface area contributed by atoms with E-state index in [1.165, 1.54) is 30.3 Å². The number of carbonyl (C=O) groups is 1. The molecule has 192 valence electrons. The summed E-state index contributed by atoms with van der Waals surface area (Å²) in [5.74, 6) is 4.97. The average Bonchev–Trinajstić information content (AvgIpc) is 3.48. The minimum atomic E-state index is -0.513. The number of amides is 1. The predicted octanol–water partition coefficient (Wildman–Crippen LogP) is 3.16. The van der Waals surface area contributed by atoms with E-state index in [1.807, 2.05) is 32.2 Å². The number of carbonyl (C=O) groups excluding carboxylic acids is 1. The summed E-state index contributed by atoms with van der Waals surface area (Å²) < 4.78 is 2.14. The zero-order chi connectivity index (χ0) is 25.3.